The summed E-state index contributed by atoms with van der Waals surface area (Å²) in [7, 11) is 0. The molecule has 5 amide bonds. The van der Waals surface area contributed by atoms with Crippen molar-refractivity contribution in [3.8, 4) is 0 Å². The van der Waals surface area contributed by atoms with Crippen molar-refractivity contribution in [3.63, 3.8) is 0 Å². The minimum Gasteiger partial charge on any atom is -0.475 e. The van der Waals surface area contributed by atoms with Gasteiger partial charge in [0.25, 0.3) is 5.91 Å². The number of carbonyl (C=O) groups excluding carboxylic acids is 5. The molecular formula is C44H53F4N9O8. The third kappa shape index (κ3) is 18.1. The van der Waals surface area contributed by atoms with Crippen LogP contribution in [-0.2, 0) is 36.8 Å². The molecule has 0 fully saturated rings. The molecule has 17 nitrogen and oxygen atoms in total. The number of halogens is 4. The zero-order valence-electron chi connectivity index (χ0n) is 35.5. The number of guanidine groups is 1. The highest BCUT2D eigenvalue weighted by molar-refractivity contribution is 5.99. The van der Waals surface area contributed by atoms with Crippen LogP contribution < -0.4 is 38.5 Å². The van der Waals surface area contributed by atoms with Crippen LogP contribution in [0.5, 0.6) is 0 Å². The zero-order valence-corrected chi connectivity index (χ0v) is 35.5. The third-order valence-electron chi connectivity index (χ3n) is 9.38. The number of alkyl halides is 3. The van der Waals surface area contributed by atoms with Gasteiger partial charge in [-0.05, 0) is 72.7 Å². The van der Waals surface area contributed by atoms with E-state index in [2.05, 4.69) is 31.2 Å². The number of aliphatic hydroxyl groups is 1. The Hall–Kier alpha value is -7.29. The standard InChI is InChI=1S/C42H52FN9O6.C2HF3O2/c1-25(2)19-28(21-31(53)24-49-40(57)36(20-26-9-4-3-5-10-26)52-38(55)27-14-16-30(43)17-15-27)39(56)50-34(13-8-18-47-42(45)46)41(58)51-35(37(44)54)22-29-23-48-33-12-7-6-11-32(29)33;3-2(4,5)1(6)7/h3-7,9-12,14-17,21,23,25,31,34-36,48,53H,8,13,18-20,22,24H2,1-2H3,(H2,44,54)(H,49,57)(H,50,56)(H,51,58)(H,52,55)(H4,45,46,47);(H,6,7)/b28-21+;/t31-,34-,35-,36-;/m0./s1. The van der Waals surface area contributed by atoms with Crippen molar-refractivity contribution in [1.82, 2.24) is 26.3 Å². The molecule has 350 valence electrons. The van der Waals surface area contributed by atoms with Gasteiger partial charge in [-0.15, -0.1) is 0 Å². The molecule has 3 aromatic carbocycles. The number of primary amides is 1. The monoisotopic (exact) mass is 911 g/mol. The Morgan fingerprint density at radius 3 is 2.05 bits per heavy atom. The lowest BCUT2D eigenvalue weighted by atomic mass is 9.99. The summed E-state index contributed by atoms with van der Waals surface area (Å²) in [4.78, 5) is 82.6. The first kappa shape index (κ1) is 52.1. The third-order valence-corrected chi connectivity index (χ3v) is 9.38. The van der Waals surface area contributed by atoms with E-state index in [1.165, 1.54) is 18.2 Å². The minimum atomic E-state index is -5.08. The highest BCUT2D eigenvalue weighted by Gasteiger charge is 2.38. The molecule has 0 spiro atoms. The lowest BCUT2D eigenvalue weighted by molar-refractivity contribution is -0.192. The summed E-state index contributed by atoms with van der Waals surface area (Å²) in [6, 6.07) is 18.0. The van der Waals surface area contributed by atoms with E-state index in [9.17, 15) is 46.6 Å². The van der Waals surface area contributed by atoms with E-state index in [1.54, 1.807) is 30.5 Å². The largest absolute Gasteiger partial charge is 0.490 e. The molecule has 0 aliphatic carbocycles. The molecule has 0 aliphatic rings. The quantitative estimate of drug-likeness (QED) is 0.0192. The number of benzene rings is 3. The number of carboxylic acid groups (broad SMARTS) is 1. The average molecular weight is 912 g/mol. The lowest BCUT2D eigenvalue weighted by Crippen LogP contribution is -2.54. The molecule has 0 radical (unpaired) electrons. The maximum atomic E-state index is 13.8. The number of aromatic amines is 1. The van der Waals surface area contributed by atoms with Gasteiger partial charge in [0.15, 0.2) is 5.96 Å². The number of nitrogens with one attached hydrogen (secondary N) is 5. The number of aliphatic imine (C=N–C) groups is 1. The number of hydrogen-bond donors (Lipinski definition) is 10. The number of nitrogens with two attached hydrogens (primary N) is 3. The number of hydrogen-bond acceptors (Lipinski definition) is 8. The molecule has 4 aromatic rings. The van der Waals surface area contributed by atoms with Gasteiger partial charge in [-0.1, -0.05) is 62.4 Å². The summed E-state index contributed by atoms with van der Waals surface area (Å²) in [6.07, 6.45) is -2.59. The smallest absolute Gasteiger partial charge is 0.475 e. The van der Waals surface area contributed by atoms with Crippen LogP contribution in [-0.4, -0.2) is 100 Å². The fourth-order valence-corrected chi connectivity index (χ4v) is 6.24. The Morgan fingerprint density at radius 1 is 0.815 bits per heavy atom. The summed E-state index contributed by atoms with van der Waals surface area (Å²) in [5, 5.41) is 29.8. The van der Waals surface area contributed by atoms with E-state index in [0.717, 1.165) is 34.2 Å². The number of carboxylic acids is 1. The number of para-hydroxylation sites is 1. The fraction of sp³-hybridized carbons (Fsp3) is 0.341. The summed E-state index contributed by atoms with van der Waals surface area (Å²) in [5.74, 6) is -6.74. The molecule has 0 unspecified atom stereocenters. The summed E-state index contributed by atoms with van der Waals surface area (Å²) in [6.45, 7) is 3.59. The predicted molar refractivity (Wildman–Crippen MR) is 233 cm³/mol. The molecule has 0 saturated carbocycles. The first-order valence-electron chi connectivity index (χ1n) is 20.2. The van der Waals surface area contributed by atoms with Crippen molar-refractivity contribution in [2.75, 3.05) is 13.1 Å². The van der Waals surface area contributed by atoms with Gasteiger partial charge in [-0.25, -0.2) is 9.18 Å². The van der Waals surface area contributed by atoms with Crippen LogP contribution in [0.3, 0.4) is 0 Å². The Bertz CT molecular complexity index is 2300. The molecule has 0 saturated heterocycles. The molecule has 0 bridgehead atoms. The van der Waals surface area contributed by atoms with Crippen molar-refractivity contribution < 1.29 is 56.5 Å². The van der Waals surface area contributed by atoms with E-state index < -0.39 is 71.7 Å². The number of rotatable bonds is 21. The van der Waals surface area contributed by atoms with Crippen LogP contribution in [0.2, 0.25) is 0 Å². The molecule has 1 aromatic heterocycles. The first-order chi connectivity index (χ1) is 30.6. The number of aliphatic hydroxyl groups excluding tert-OH is 1. The highest BCUT2D eigenvalue weighted by Crippen LogP contribution is 2.20. The van der Waals surface area contributed by atoms with Crippen LogP contribution in [0.25, 0.3) is 10.9 Å². The number of nitrogens with zero attached hydrogens (tertiary/aromatic N) is 1. The number of H-pyrrole nitrogens is 1. The number of aromatic nitrogens is 1. The second-order valence-corrected chi connectivity index (χ2v) is 15.1. The van der Waals surface area contributed by atoms with Crippen LogP contribution in [0.4, 0.5) is 17.6 Å². The molecule has 65 heavy (non-hydrogen) atoms. The van der Waals surface area contributed by atoms with Gasteiger partial charge >= 0.3 is 12.1 Å². The summed E-state index contributed by atoms with van der Waals surface area (Å²) in [5.41, 5.74) is 19.3. The lowest BCUT2D eigenvalue weighted by Gasteiger charge is -2.23. The van der Waals surface area contributed by atoms with E-state index in [-0.39, 0.29) is 61.8 Å². The molecule has 4 rings (SSSR count). The van der Waals surface area contributed by atoms with Gasteiger partial charge in [-0.2, -0.15) is 13.2 Å². The van der Waals surface area contributed by atoms with Gasteiger partial charge < -0.3 is 53.7 Å². The molecule has 1 heterocycles. The van der Waals surface area contributed by atoms with Crippen molar-refractivity contribution in [1.29, 1.82) is 0 Å². The van der Waals surface area contributed by atoms with Crippen molar-refractivity contribution in [2.45, 2.75) is 76.4 Å². The highest BCUT2D eigenvalue weighted by atomic mass is 19.4. The Balaban J connectivity index is 0.00000148. The predicted octanol–water partition coefficient (Wildman–Crippen LogP) is 2.48. The van der Waals surface area contributed by atoms with E-state index in [1.807, 2.05) is 44.2 Å². The Kier molecular flexibility index (Phi) is 20.1. The number of carbonyl (C=O) groups is 6. The molecule has 0 aliphatic heterocycles. The zero-order chi connectivity index (χ0) is 48.3. The van der Waals surface area contributed by atoms with E-state index >= 15 is 0 Å². The normalized spacial score (nSPS) is 13.3. The number of amides is 5. The molecule has 4 atom stereocenters. The SMILES string of the molecule is CC(C)C/C(=C\[C@H](O)CNC(=O)[C@H](Cc1ccccc1)NC(=O)c1ccc(F)cc1)C(=O)N[C@@H](CCCN=C(N)N)C(=O)N[C@@H](Cc1c[nH]c2ccccc12)C(N)=O.O=C(O)C(F)(F)F. The molecule has 13 N–H and O–H groups in total. The van der Waals surface area contributed by atoms with Gasteiger partial charge in [0.2, 0.25) is 23.6 Å². The number of fused-ring (bicyclic) bond motifs is 1. The van der Waals surface area contributed by atoms with E-state index in [0.29, 0.717) is 6.42 Å². The van der Waals surface area contributed by atoms with Crippen LogP contribution in [0.15, 0.2) is 102 Å². The maximum absolute atomic E-state index is 13.8. The number of aliphatic carboxylic acids is 1. The average Bonchev–Trinajstić information content (AvgIpc) is 3.65. The second-order valence-electron chi connectivity index (χ2n) is 15.1. The maximum Gasteiger partial charge on any atom is 0.490 e. The van der Waals surface area contributed by atoms with Gasteiger partial charge in [0.1, 0.15) is 23.9 Å². The van der Waals surface area contributed by atoms with Gasteiger partial charge in [0, 0.05) is 54.2 Å². The Labute approximate surface area is 371 Å². The van der Waals surface area contributed by atoms with Crippen LogP contribution in [0, 0.1) is 11.7 Å². The van der Waals surface area contributed by atoms with Crippen LogP contribution >= 0.6 is 0 Å². The van der Waals surface area contributed by atoms with Crippen LogP contribution in [0.1, 0.15) is 54.6 Å². The summed E-state index contributed by atoms with van der Waals surface area (Å²) >= 11 is 0. The van der Waals surface area contributed by atoms with Crippen molar-refractivity contribution in [2.24, 2.45) is 28.1 Å². The first-order valence-corrected chi connectivity index (χ1v) is 20.2. The van der Waals surface area contributed by atoms with Crippen molar-refractivity contribution in [3.05, 3.63) is 119 Å². The minimum absolute atomic E-state index is 0.0553. The fourth-order valence-electron chi connectivity index (χ4n) is 6.24. The van der Waals surface area contributed by atoms with Crippen molar-refractivity contribution >= 4 is 52.4 Å². The molecule has 21 heteroatoms. The van der Waals surface area contributed by atoms with Gasteiger partial charge in [0.05, 0.1) is 6.10 Å². The Morgan fingerprint density at radius 2 is 1.45 bits per heavy atom. The topological polar surface area (TPSA) is 297 Å². The summed E-state index contributed by atoms with van der Waals surface area (Å²) < 4.78 is 45.2. The van der Waals surface area contributed by atoms with Gasteiger partial charge in [-0.3, -0.25) is 29.0 Å². The molecular weight excluding hydrogens is 859 g/mol. The second kappa shape index (κ2) is 25.1. The van der Waals surface area contributed by atoms with E-state index in [4.69, 9.17) is 27.1 Å².